The summed E-state index contributed by atoms with van der Waals surface area (Å²) in [5.74, 6) is -1.50. The van der Waals surface area contributed by atoms with E-state index in [9.17, 15) is 8.78 Å². The highest BCUT2D eigenvalue weighted by Crippen LogP contribution is 2.41. The molecule has 0 radical (unpaired) electrons. The number of rotatable bonds is 2. The van der Waals surface area contributed by atoms with E-state index in [1.165, 1.54) is 0 Å². The van der Waals surface area contributed by atoms with E-state index in [-0.39, 0.29) is 18.8 Å². The van der Waals surface area contributed by atoms with Crippen LogP contribution in [-0.2, 0) is 0 Å². The van der Waals surface area contributed by atoms with Crippen LogP contribution in [0.3, 0.4) is 0 Å². The van der Waals surface area contributed by atoms with E-state index in [0.717, 1.165) is 12.8 Å². The average molecular weight is 162 g/mol. The van der Waals surface area contributed by atoms with Crippen molar-refractivity contribution in [2.24, 2.45) is 11.8 Å². The smallest absolute Gasteiger partial charge is 0.207 e. The van der Waals surface area contributed by atoms with Crippen molar-refractivity contribution in [2.75, 3.05) is 0 Å². The van der Waals surface area contributed by atoms with Gasteiger partial charge in [0.1, 0.15) is 0 Å². The fraction of sp³-hybridized carbons (Fsp3) is 1.00. The molecule has 0 aromatic rings. The average Bonchev–Trinajstić information content (AvgIpc) is 2.08. The van der Waals surface area contributed by atoms with Crippen LogP contribution in [0.1, 0.15) is 39.5 Å². The van der Waals surface area contributed by atoms with Gasteiger partial charge in [-0.2, -0.15) is 0 Å². The molecule has 0 amide bonds. The lowest BCUT2D eigenvalue weighted by atomic mass is 9.96. The van der Waals surface area contributed by atoms with Gasteiger partial charge in [-0.05, 0) is 24.7 Å². The van der Waals surface area contributed by atoms with Crippen molar-refractivity contribution in [3.63, 3.8) is 0 Å². The maximum absolute atomic E-state index is 12.6. The van der Waals surface area contributed by atoms with Crippen molar-refractivity contribution in [1.29, 1.82) is 0 Å². The molecule has 0 unspecified atom stereocenters. The molecule has 1 rings (SSSR count). The van der Waals surface area contributed by atoms with Crippen LogP contribution in [0.25, 0.3) is 0 Å². The lowest BCUT2D eigenvalue weighted by Gasteiger charge is -2.12. The van der Waals surface area contributed by atoms with Crippen molar-refractivity contribution in [3.05, 3.63) is 0 Å². The molecule has 11 heavy (non-hydrogen) atoms. The Kier molecular flexibility index (Phi) is 2.50. The van der Waals surface area contributed by atoms with Gasteiger partial charge in [-0.1, -0.05) is 13.8 Å². The minimum atomic E-state index is -2.35. The zero-order valence-corrected chi connectivity index (χ0v) is 7.24. The SMILES string of the molecule is CC(C)C[C@@H]1CCC(F)(F)C1. The number of alkyl halides is 2. The largest absolute Gasteiger partial charge is 0.248 e. The third-order valence-electron chi connectivity index (χ3n) is 2.31. The summed E-state index contributed by atoms with van der Waals surface area (Å²) in [7, 11) is 0. The molecule has 0 nitrogen and oxygen atoms in total. The second kappa shape index (κ2) is 3.08. The van der Waals surface area contributed by atoms with Crippen LogP contribution in [-0.4, -0.2) is 5.92 Å². The predicted octanol–water partition coefficient (Wildman–Crippen LogP) is 3.47. The van der Waals surface area contributed by atoms with Crippen molar-refractivity contribution in [3.8, 4) is 0 Å². The molecule has 1 saturated carbocycles. The van der Waals surface area contributed by atoms with E-state index in [4.69, 9.17) is 0 Å². The first kappa shape index (κ1) is 8.95. The van der Waals surface area contributed by atoms with Crippen LogP contribution < -0.4 is 0 Å². The zero-order chi connectivity index (χ0) is 8.48. The fourth-order valence-corrected chi connectivity index (χ4v) is 1.91. The molecule has 0 aromatic heterocycles. The molecule has 2 heteroatoms. The Balaban J connectivity index is 2.31. The molecule has 1 aliphatic carbocycles. The molecule has 1 aliphatic rings. The number of halogens is 2. The molecule has 0 heterocycles. The molecule has 0 aromatic carbocycles. The van der Waals surface area contributed by atoms with Gasteiger partial charge in [-0.25, -0.2) is 8.78 Å². The standard InChI is InChI=1S/C9H16F2/c1-7(2)5-8-3-4-9(10,11)6-8/h7-8H,3-6H2,1-2H3/t8-/m0/s1. The molecule has 0 spiro atoms. The van der Waals surface area contributed by atoms with Gasteiger partial charge in [0.2, 0.25) is 5.92 Å². The second-order valence-corrected chi connectivity index (χ2v) is 4.09. The first-order valence-electron chi connectivity index (χ1n) is 4.37. The Morgan fingerprint density at radius 2 is 2.09 bits per heavy atom. The summed E-state index contributed by atoms with van der Waals surface area (Å²) in [5.41, 5.74) is 0. The van der Waals surface area contributed by atoms with Crippen molar-refractivity contribution in [2.45, 2.75) is 45.5 Å². The van der Waals surface area contributed by atoms with Crippen molar-refractivity contribution in [1.82, 2.24) is 0 Å². The Morgan fingerprint density at radius 3 is 2.45 bits per heavy atom. The Bertz CT molecular complexity index is 130. The van der Waals surface area contributed by atoms with E-state index in [1.807, 2.05) is 0 Å². The molecule has 0 saturated heterocycles. The van der Waals surface area contributed by atoms with Gasteiger partial charge < -0.3 is 0 Å². The summed E-state index contributed by atoms with van der Waals surface area (Å²) >= 11 is 0. The normalized spacial score (nSPS) is 29.7. The van der Waals surface area contributed by atoms with Crippen molar-refractivity contribution < 1.29 is 8.78 Å². The highest BCUT2D eigenvalue weighted by molar-refractivity contribution is 4.81. The molecule has 0 bridgehead atoms. The molecule has 0 aliphatic heterocycles. The lowest BCUT2D eigenvalue weighted by Crippen LogP contribution is -2.10. The third kappa shape index (κ3) is 2.76. The molecule has 1 atom stereocenters. The zero-order valence-electron chi connectivity index (χ0n) is 7.24. The van der Waals surface area contributed by atoms with Crippen LogP contribution in [0.5, 0.6) is 0 Å². The van der Waals surface area contributed by atoms with Gasteiger partial charge in [-0.15, -0.1) is 0 Å². The Hall–Kier alpha value is -0.140. The van der Waals surface area contributed by atoms with Crippen LogP contribution in [0.2, 0.25) is 0 Å². The van der Waals surface area contributed by atoms with E-state index in [2.05, 4.69) is 13.8 Å². The highest BCUT2D eigenvalue weighted by Gasteiger charge is 2.39. The van der Waals surface area contributed by atoms with Gasteiger partial charge in [-0.3, -0.25) is 0 Å². The van der Waals surface area contributed by atoms with E-state index in [0.29, 0.717) is 5.92 Å². The first-order chi connectivity index (χ1) is 4.99. The summed E-state index contributed by atoms with van der Waals surface area (Å²) < 4.78 is 25.3. The minimum Gasteiger partial charge on any atom is -0.207 e. The van der Waals surface area contributed by atoms with Crippen LogP contribution >= 0.6 is 0 Å². The lowest BCUT2D eigenvalue weighted by molar-refractivity contribution is 0.00426. The molecule has 1 fully saturated rings. The Labute approximate surface area is 67.0 Å². The monoisotopic (exact) mass is 162 g/mol. The molecule has 66 valence electrons. The van der Waals surface area contributed by atoms with Gasteiger partial charge in [0.05, 0.1) is 0 Å². The van der Waals surface area contributed by atoms with Crippen LogP contribution in [0.4, 0.5) is 8.78 Å². The first-order valence-corrected chi connectivity index (χ1v) is 4.37. The van der Waals surface area contributed by atoms with Gasteiger partial charge >= 0.3 is 0 Å². The molecular weight excluding hydrogens is 146 g/mol. The summed E-state index contributed by atoms with van der Waals surface area (Å²) in [6.07, 6.45) is 1.94. The van der Waals surface area contributed by atoms with Crippen LogP contribution in [0, 0.1) is 11.8 Å². The summed E-state index contributed by atoms with van der Waals surface area (Å²) in [5, 5.41) is 0. The third-order valence-corrected chi connectivity index (χ3v) is 2.31. The summed E-state index contributed by atoms with van der Waals surface area (Å²) in [6, 6.07) is 0. The maximum Gasteiger partial charge on any atom is 0.248 e. The number of hydrogen-bond acceptors (Lipinski definition) is 0. The maximum atomic E-state index is 12.6. The molecular formula is C9H16F2. The van der Waals surface area contributed by atoms with Crippen molar-refractivity contribution >= 4 is 0 Å². The van der Waals surface area contributed by atoms with E-state index < -0.39 is 5.92 Å². The highest BCUT2D eigenvalue weighted by atomic mass is 19.3. The van der Waals surface area contributed by atoms with E-state index >= 15 is 0 Å². The van der Waals surface area contributed by atoms with Gasteiger partial charge in [0.25, 0.3) is 0 Å². The quantitative estimate of drug-likeness (QED) is 0.583. The summed E-state index contributed by atoms with van der Waals surface area (Å²) in [4.78, 5) is 0. The minimum absolute atomic E-state index is 0.115. The van der Waals surface area contributed by atoms with Gasteiger partial charge in [0, 0.05) is 12.8 Å². The van der Waals surface area contributed by atoms with Crippen LogP contribution in [0.15, 0.2) is 0 Å². The Morgan fingerprint density at radius 1 is 1.45 bits per heavy atom. The fourth-order valence-electron chi connectivity index (χ4n) is 1.91. The van der Waals surface area contributed by atoms with E-state index in [1.54, 1.807) is 0 Å². The topological polar surface area (TPSA) is 0 Å². The van der Waals surface area contributed by atoms with Gasteiger partial charge in [0.15, 0.2) is 0 Å². The summed E-state index contributed by atoms with van der Waals surface area (Å²) in [6.45, 7) is 4.19. The second-order valence-electron chi connectivity index (χ2n) is 4.09. The predicted molar refractivity (Wildman–Crippen MR) is 41.7 cm³/mol. The number of hydrogen-bond donors (Lipinski definition) is 0. The molecule has 0 N–H and O–H groups in total.